The first-order valence-electron chi connectivity index (χ1n) is 6.61. The minimum absolute atomic E-state index is 0.105. The third-order valence-corrected chi connectivity index (χ3v) is 3.08. The molecule has 18 heavy (non-hydrogen) atoms. The second-order valence-electron chi connectivity index (χ2n) is 4.79. The van der Waals surface area contributed by atoms with Gasteiger partial charge in [-0.15, -0.1) is 0 Å². The molecule has 0 aromatic heterocycles. The lowest BCUT2D eigenvalue weighted by molar-refractivity contribution is 0.209. The monoisotopic (exact) mass is 252 g/mol. The Hall–Kier alpha value is -1.45. The first-order chi connectivity index (χ1) is 8.59. The van der Waals surface area contributed by atoms with Crippen molar-refractivity contribution in [3.63, 3.8) is 0 Å². The van der Waals surface area contributed by atoms with Crippen LogP contribution < -0.4 is 10.6 Å². The number of hydrogen-bond donors (Lipinski definition) is 2. The largest absolute Gasteiger partial charge is 0.492 e. The van der Waals surface area contributed by atoms with Crippen molar-refractivity contribution in [2.45, 2.75) is 45.1 Å². The van der Waals surface area contributed by atoms with Gasteiger partial charge in [0.2, 0.25) is 0 Å². The Morgan fingerprint density at radius 2 is 1.94 bits per heavy atom. The van der Waals surface area contributed by atoms with Gasteiger partial charge in [-0.25, -0.2) is 4.79 Å². The van der Waals surface area contributed by atoms with Gasteiger partial charge in [-0.05, 0) is 25.3 Å². The van der Waals surface area contributed by atoms with Gasteiger partial charge in [0.15, 0.2) is 0 Å². The summed E-state index contributed by atoms with van der Waals surface area (Å²) in [4.78, 5) is 11.6. The normalized spacial score (nSPS) is 15.8. The first-order valence-corrected chi connectivity index (χ1v) is 6.61. The highest BCUT2D eigenvalue weighted by molar-refractivity contribution is 5.74. The van der Waals surface area contributed by atoms with Crippen molar-refractivity contribution in [1.29, 1.82) is 0 Å². The predicted molar refractivity (Wildman–Crippen MR) is 73.3 cm³/mol. The molecule has 0 bridgehead atoms. The van der Waals surface area contributed by atoms with Gasteiger partial charge >= 0.3 is 6.03 Å². The molecule has 0 spiro atoms. The van der Waals surface area contributed by atoms with Crippen LogP contribution >= 0.6 is 0 Å². The molecule has 0 aliphatic heterocycles. The van der Waals surface area contributed by atoms with Crippen molar-refractivity contribution < 1.29 is 9.53 Å². The quantitative estimate of drug-likeness (QED) is 0.434. The molecular formula is C14H24N2O2. The summed E-state index contributed by atoms with van der Waals surface area (Å²) in [5.74, 6) is 0.574. The second kappa shape index (κ2) is 7.80. The van der Waals surface area contributed by atoms with Gasteiger partial charge in [0.1, 0.15) is 12.4 Å². The SMILES string of the molecule is C=C(C)C(=C)OCCNC(=O)NC1CCCCC1. The summed E-state index contributed by atoms with van der Waals surface area (Å²) in [7, 11) is 0. The zero-order valence-corrected chi connectivity index (χ0v) is 11.3. The third-order valence-electron chi connectivity index (χ3n) is 3.08. The van der Waals surface area contributed by atoms with E-state index in [4.69, 9.17) is 4.74 Å². The number of rotatable bonds is 6. The molecule has 0 saturated heterocycles. The molecule has 1 saturated carbocycles. The number of nitrogens with one attached hydrogen (secondary N) is 2. The van der Waals surface area contributed by atoms with Gasteiger partial charge in [0, 0.05) is 6.04 Å². The molecule has 1 fully saturated rings. The average Bonchev–Trinajstić information content (AvgIpc) is 2.35. The van der Waals surface area contributed by atoms with E-state index >= 15 is 0 Å². The Labute approximate surface area is 109 Å². The van der Waals surface area contributed by atoms with Crippen molar-refractivity contribution in [3.05, 3.63) is 24.5 Å². The molecule has 0 aromatic carbocycles. The molecule has 1 aliphatic rings. The summed E-state index contributed by atoms with van der Waals surface area (Å²) >= 11 is 0. The van der Waals surface area contributed by atoms with E-state index in [1.807, 2.05) is 6.92 Å². The average molecular weight is 252 g/mol. The maximum absolute atomic E-state index is 11.6. The fourth-order valence-electron chi connectivity index (χ4n) is 1.95. The van der Waals surface area contributed by atoms with E-state index < -0.39 is 0 Å². The Bertz CT molecular complexity index is 307. The predicted octanol–water partition coefficient (Wildman–Crippen LogP) is 2.72. The van der Waals surface area contributed by atoms with E-state index in [0.29, 0.717) is 25.0 Å². The number of ether oxygens (including phenoxy) is 1. The van der Waals surface area contributed by atoms with Crippen LogP contribution in [0.1, 0.15) is 39.0 Å². The van der Waals surface area contributed by atoms with E-state index in [9.17, 15) is 4.79 Å². The fraction of sp³-hybridized carbons (Fsp3) is 0.643. The van der Waals surface area contributed by atoms with Gasteiger partial charge in [0.25, 0.3) is 0 Å². The molecule has 0 aromatic rings. The van der Waals surface area contributed by atoms with Crippen LogP contribution in [0.5, 0.6) is 0 Å². The van der Waals surface area contributed by atoms with E-state index in [1.54, 1.807) is 0 Å². The lowest BCUT2D eigenvalue weighted by Gasteiger charge is -2.22. The van der Waals surface area contributed by atoms with E-state index in [1.165, 1.54) is 19.3 Å². The standard InChI is InChI=1S/C14H24N2O2/c1-11(2)12(3)18-10-9-15-14(17)16-13-7-5-4-6-8-13/h13H,1,3-10H2,2H3,(H2,15,16,17). The van der Waals surface area contributed by atoms with Crippen molar-refractivity contribution in [1.82, 2.24) is 10.6 Å². The molecule has 1 rings (SSSR count). The van der Waals surface area contributed by atoms with Gasteiger partial charge in [-0.3, -0.25) is 0 Å². The lowest BCUT2D eigenvalue weighted by Crippen LogP contribution is -2.43. The molecule has 2 amide bonds. The number of urea groups is 1. The number of allylic oxidation sites excluding steroid dienone is 1. The van der Waals surface area contributed by atoms with Gasteiger partial charge < -0.3 is 15.4 Å². The molecular weight excluding hydrogens is 228 g/mol. The minimum Gasteiger partial charge on any atom is -0.492 e. The Morgan fingerprint density at radius 1 is 1.28 bits per heavy atom. The van der Waals surface area contributed by atoms with Crippen LogP contribution in [-0.4, -0.2) is 25.2 Å². The van der Waals surface area contributed by atoms with Crippen LogP contribution in [0.25, 0.3) is 0 Å². The summed E-state index contributed by atoms with van der Waals surface area (Å²) in [6.45, 7) is 10.2. The second-order valence-corrected chi connectivity index (χ2v) is 4.79. The van der Waals surface area contributed by atoms with Crippen LogP contribution in [0, 0.1) is 0 Å². The van der Waals surface area contributed by atoms with Gasteiger partial charge in [-0.1, -0.05) is 32.4 Å². The Morgan fingerprint density at radius 3 is 2.56 bits per heavy atom. The van der Waals surface area contributed by atoms with E-state index in [2.05, 4.69) is 23.8 Å². The summed E-state index contributed by atoms with van der Waals surface area (Å²) < 4.78 is 5.31. The Kier molecular flexibility index (Phi) is 6.33. The van der Waals surface area contributed by atoms with Crippen LogP contribution in [0.4, 0.5) is 4.79 Å². The summed E-state index contributed by atoms with van der Waals surface area (Å²) in [5, 5.41) is 5.76. The highest BCUT2D eigenvalue weighted by atomic mass is 16.5. The molecule has 102 valence electrons. The molecule has 1 aliphatic carbocycles. The fourth-order valence-corrected chi connectivity index (χ4v) is 1.95. The maximum Gasteiger partial charge on any atom is 0.315 e. The lowest BCUT2D eigenvalue weighted by atomic mass is 9.96. The zero-order valence-electron chi connectivity index (χ0n) is 11.3. The smallest absolute Gasteiger partial charge is 0.315 e. The van der Waals surface area contributed by atoms with Gasteiger partial charge in [0.05, 0.1) is 6.54 Å². The molecule has 4 heteroatoms. The van der Waals surface area contributed by atoms with Crippen LogP contribution in [0.2, 0.25) is 0 Å². The Balaban J connectivity index is 2.06. The topological polar surface area (TPSA) is 50.4 Å². The van der Waals surface area contributed by atoms with Gasteiger partial charge in [-0.2, -0.15) is 0 Å². The first kappa shape index (κ1) is 14.6. The van der Waals surface area contributed by atoms with Crippen molar-refractivity contribution in [2.75, 3.05) is 13.2 Å². The highest BCUT2D eigenvalue weighted by Crippen LogP contribution is 2.17. The van der Waals surface area contributed by atoms with Crippen molar-refractivity contribution >= 4 is 6.03 Å². The summed E-state index contributed by atoms with van der Waals surface area (Å²) in [6, 6.07) is 0.233. The third kappa shape index (κ3) is 5.75. The highest BCUT2D eigenvalue weighted by Gasteiger charge is 2.14. The summed E-state index contributed by atoms with van der Waals surface area (Å²) in [6.07, 6.45) is 5.91. The van der Waals surface area contributed by atoms with Crippen molar-refractivity contribution in [2.24, 2.45) is 0 Å². The number of hydrogen-bond acceptors (Lipinski definition) is 2. The molecule has 4 nitrogen and oxygen atoms in total. The maximum atomic E-state index is 11.6. The minimum atomic E-state index is -0.105. The molecule has 0 unspecified atom stereocenters. The van der Waals surface area contributed by atoms with E-state index in [-0.39, 0.29) is 6.03 Å². The number of carbonyl (C=O) groups is 1. The zero-order chi connectivity index (χ0) is 13.4. The number of amides is 2. The molecule has 0 atom stereocenters. The summed E-state index contributed by atoms with van der Waals surface area (Å²) in [5.41, 5.74) is 0.807. The molecule has 0 radical (unpaired) electrons. The molecule has 0 heterocycles. The van der Waals surface area contributed by atoms with Crippen LogP contribution in [0.15, 0.2) is 24.5 Å². The van der Waals surface area contributed by atoms with Crippen LogP contribution in [-0.2, 0) is 4.74 Å². The molecule has 2 N–H and O–H groups in total. The number of carbonyl (C=O) groups excluding carboxylic acids is 1. The van der Waals surface area contributed by atoms with Crippen LogP contribution in [0.3, 0.4) is 0 Å². The van der Waals surface area contributed by atoms with E-state index in [0.717, 1.165) is 18.4 Å². The van der Waals surface area contributed by atoms with Crippen molar-refractivity contribution in [3.8, 4) is 0 Å².